The molecule has 1 atom stereocenters. The Labute approximate surface area is 85.2 Å². The van der Waals surface area contributed by atoms with Gasteiger partial charge in [-0.15, -0.1) is 0 Å². The summed E-state index contributed by atoms with van der Waals surface area (Å²) in [5, 5.41) is 0. The van der Waals surface area contributed by atoms with E-state index in [0.29, 0.717) is 0 Å². The summed E-state index contributed by atoms with van der Waals surface area (Å²) in [6.45, 7) is 3.92. The van der Waals surface area contributed by atoms with Crippen LogP contribution < -0.4 is 5.73 Å². The third kappa shape index (κ3) is 2.67. The highest BCUT2D eigenvalue weighted by Crippen LogP contribution is 2.24. The second kappa shape index (κ2) is 4.91. The van der Waals surface area contributed by atoms with Gasteiger partial charge in [0.25, 0.3) is 0 Å². The zero-order valence-corrected chi connectivity index (χ0v) is 8.79. The first-order valence-electron chi connectivity index (χ1n) is 4.94. The molecule has 1 aliphatic carbocycles. The van der Waals surface area contributed by atoms with Crippen molar-refractivity contribution in [3.63, 3.8) is 0 Å². The quantitative estimate of drug-likeness (QED) is 0.694. The number of nitrogens with two attached hydrogens (primary N) is 1. The lowest BCUT2D eigenvalue weighted by atomic mass is 9.92. The van der Waals surface area contributed by atoms with Crippen molar-refractivity contribution in [2.75, 3.05) is 0 Å². The van der Waals surface area contributed by atoms with Gasteiger partial charge >= 0.3 is 0 Å². The van der Waals surface area contributed by atoms with Crippen molar-refractivity contribution >= 4 is 6.29 Å². The van der Waals surface area contributed by atoms with Gasteiger partial charge < -0.3 is 5.73 Å². The average molecular weight is 191 g/mol. The molecule has 14 heavy (non-hydrogen) atoms. The first-order valence-corrected chi connectivity index (χ1v) is 4.94. The first-order chi connectivity index (χ1) is 6.65. The van der Waals surface area contributed by atoms with Crippen LogP contribution in [0.2, 0.25) is 0 Å². The maximum Gasteiger partial charge on any atom is 0.150 e. The Morgan fingerprint density at radius 2 is 2.29 bits per heavy atom. The molecule has 0 bridgehead atoms. The van der Waals surface area contributed by atoms with E-state index >= 15 is 0 Å². The van der Waals surface area contributed by atoms with Crippen molar-refractivity contribution in [1.82, 2.24) is 0 Å². The predicted molar refractivity (Wildman–Crippen MR) is 58.9 cm³/mol. The molecule has 0 unspecified atom stereocenters. The molecule has 1 aliphatic rings. The molecule has 0 aromatic carbocycles. The van der Waals surface area contributed by atoms with Crippen molar-refractivity contribution in [2.45, 2.75) is 32.7 Å². The van der Waals surface area contributed by atoms with Crippen LogP contribution in [-0.2, 0) is 4.79 Å². The second-order valence-electron chi connectivity index (χ2n) is 3.73. The molecule has 0 fully saturated rings. The summed E-state index contributed by atoms with van der Waals surface area (Å²) in [6.07, 6.45) is 8.89. The smallest absolute Gasteiger partial charge is 0.150 e. The molecule has 2 heteroatoms. The van der Waals surface area contributed by atoms with Gasteiger partial charge in [0, 0.05) is 11.6 Å². The van der Waals surface area contributed by atoms with Gasteiger partial charge in [-0.2, -0.15) is 0 Å². The fourth-order valence-electron chi connectivity index (χ4n) is 1.52. The van der Waals surface area contributed by atoms with Gasteiger partial charge in [0.1, 0.15) is 0 Å². The van der Waals surface area contributed by atoms with E-state index in [4.69, 9.17) is 5.73 Å². The van der Waals surface area contributed by atoms with Crippen LogP contribution in [0.5, 0.6) is 0 Å². The molecule has 0 spiro atoms. The highest BCUT2D eigenvalue weighted by atomic mass is 16.1. The van der Waals surface area contributed by atoms with Gasteiger partial charge in [-0.3, -0.25) is 4.79 Å². The minimum Gasteiger partial charge on any atom is -0.325 e. The summed E-state index contributed by atoms with van der Waals surface area (Å²) in [5.74, 6) is 0. The van der Waals surface area contributed by atoms with Gasteiger partial charge in [-0.25, -0.2) is 0 Å². The summed E-state index contributed by atoms with van der Waals surface area (Å²) >= 11 is 0. The third-order valence-corrected chi connectivity index (χ3v) is 2.35. The topological polar surface area (TPSA) is 43.1 Å². The molecule has 0 aliphatic heterocycles. The van der Waals surface area contributed by atoms with Crippen LogP contribution >= 0.6 is 0 Å². The van der Waals surface area contributed by atoms with Gasteiger partial charge in [0.2, 0.25) is 0 Å². The van der Waals surface area contributed by atoms with E-state index in [1.807, 2.05) is 26.0 Å². The largest absolute Gasteiger partial charge is 0.325 e. The molecule has 1 rings (SSSR count). The molecule has 0 aromatic heterocycles. The number of hydrogen-bond acceptors (Lipinski definition) is 2. The Morgan fingerprint density at radius 1 is 1.57 bits per heavy atom. The maximum absolute atomic E-state index is 10.9. The van der Waals surface area contributed by atoms with Crippen molar-refractivity contribution in [3.05, 3.63) is 34.9 Å². The van der Waals surface area contributed by atoms with Crippen LogP contribution in [-0.4, -0.2) is 12.3 Å². The fourth-order valence-corrected chi connectivity index (χ4v) is 1.52. The van der Waals surface area contributed by atoms with Gasteiger partial charge in [-0.05, 0) is 32.3 Å². The van der Waals surface area contributed by atoms with Gasteiger partial charge in [0.15, 0.2) is 6.29 Å². The van der Waals surface area contributed by atoms with E-state index in [0.717, 1.165) is 30.3 Å². The molecular formula is C12H17NO. The normalized spacial score (nSPS) is 19.8. The predicted octanol–water partition coefficient (Wildman–Crippen LogP) is 2.13. The fraction of sp³-hybridized carbons (Fsp3) is 0.417. The van der Waals surface area contributed by atoms with Crippen molar-refractivity contribution in [2.24, 2.45) is 5.73 Å². The Bertz CT molecular complexity index is 308. The standard InChI is InChI=1S/C12H17NO/c1-9-4-3-5-11(12(9)8-14)7-6-10(2)13/h5-8,10H,3-4,13H2,1-2H3/b7-6+/t10-/m0/s1. The lowest BCUT2D eigenvalue weighted by molar-refractivity contribution is -0.104. The van der Waals surface area contributed by atoms with E-state index in [2.05, 4.69) is 6.08 Å². The summed E-state index contributed by atoms with van der Waals surface area (Å²) in [4.78, 5) is 10.9. The van der Waals surface area contributed by atoms with Gasteiger partial charge in [0.05, 0.1) is 0 Å². The molecule has 0 radical (unpaired) electrons. The SMILES string of the molecule is CC1=C(C=O)C(/C=C/[C@H](C)N)=CCC1. The minimum absolute atomic E-state index is 0.0334. The Balaban J connectivity index is 2.87. The highest BCUT2D eigenvalue weighted by molar-refractivity contribution is 5.83. The third-order valence-electron chi connectivity index (χ3n) is 2.35. The lowest BCUT2D eigenvalue weighted by Gasteiger charge is -2.13. The number of hydrogen-bond donors (Lipinski definition) is 1. The molecule has 0 heterocycles. The summed E-state index contributed by atoms with van der Waals surface area (Å²) < 4.78 is 0. The Hall–Kier alpha value is -1.15. The van der Waals surface area contributed by atoms with Crippen molar-refractivity contribution in [1.29, 1.82) is 0 Å². The molecule has 0 amide bonds. The molecular weight excluding hydrogens is 174 g/mol. The minimum atomic E-state index is 0.0334. The molecule has 0 saturated heterocycles. The summed E-state index contributed by atoms with van der Waals surface area (Å²) in [7, 11) is 0. The van der Waals surface area contributed by atoms with Crippen LogP contribution in [0.25, 0.3) is 0 Å². The summed E-state index contributed by atoms with van der Waals surface area (Å²) in [6, 6.07) is 0.0334. The maximum atomic E-state index is 10.9. The van der Waals surface area contributed by atoms with Crippen LogP contribution in [0.1, 0.15) is 26.7 Å². The van der Waals surface area contributed by atoms with E-state index in [9.17, 15) is 4.79 Å². The van der Waals surface area contributed by atoms with Gasteiger partial charge in [-0.1, -0.05) is 23.8 Å². The Morgan fingerprint density at radius 3 is 2.86 bits per heavy atom. The molecule has 0 aromatic rings. The molecule has 76 valence electrons. The zero-order valence-electron chi connectivity index (χ0n) is 8.79. The van der Waals surface area contributed by atoms with Crippen LogP contribution in [0.15, 0.2) is 34.9 Å². The summed E-state index contributed by atoms with van der Waals surface area (Å²) in [5.41, 5.74) is 8.63. The zero-order chi connectivity index (χ0) is 10.6. The Kier molecular flexibility index (Phi) is 3.84. The number of carbonyl (C=O) groups excluding carboxylic acids is 1. The number of rotatable bonds is 3. The van der Waals surface area contributed by atoms with E-state index in [1.54, 1.807) is 0 Å². The molecule has 2 N–H and O–H groups in total. The number of carbonyl (C=O) groups is 1. The van der Waals surface area contributed by atoms with E-state index < -0.39 is 0 Å². The second-order valence-corrected chi connectivity index (χ2v) is 3.73. The van der Waals surface area contributed by atoms with Crippen molar-refractivity contribution in [3.8, 4) is 0 Å². The lowest BCUT2D eigenvalue weighted by Crippen LogP contribution is -2.10. The van der Waals surface area contributed by atoms with E-state index in [1.165, 1.54) is 5.57 Å². The highest BCUT2D eigenvalue weighted by Gasteiger charge is 2.09. The van der Waals surface area contributed by atoms with Crippen LogP contribution in [0.3, 0.4) is 0 Å². The van der Waals surface area contributed by atoms with Crippen molar-refractivity contribution < 1.29 is 4.79 Å². The van der Waals surface area contributed by atoms with Crippen LogP contribution in [0, 0.1) is 0 Å². The molecule has 2 nitrogen and oxygen atoms in total. The van der Waals surface area contributed by atoms with Crippen LogP contribution in [0.4, 0.5) is 0 Å². The average Bonchev–Trinajstić information content (AvgIpc) is 2.14. The monoisotopic (exact) mass is 191 g/mol. The number of aldehydes is 1. The molecule has 0 saturated carbocycles. The number of allylic oxidation sites excluding steroid dienone is 5. The van der Waals surface area contributed by atoms with E-state index in [-0.39, 0.29) is 6.04 Å². The first kappa shape index (κ1) is 10.9.